The Morgan fingerprint density at radius 1 is 1.00 bits per heavy atom. The molecular formula is C6H14Cl4Si2. The van der Waals surface area contributed by atoms with Crippen LogP contribution < -0.4 is 0 Å². The predicted octanol–water partition coefficient (Wildman–Crippen LogP) is 4.80. The van der Waals surface area contributed by atoms with Crippen molar-refractivity contribution in [2.45, 2.75) is 38.0 Å². The highest BCUT2D eigenvalue weighted by atomic mass is 35.7. The third-order valence-corrected chi connectivity index (χ3v) is 13.6. The average Bonchev–Trinajstić information content (AvgIpc) is 1.77. The summed E-state index contributed by atoms with van der Waals surface area (Å²) in [7, 11) is 0. The van der Waals surface area contributed by atoms with Gasteiger partial charge in [0.2, 0.25) is 0 Å². The van der Waals surface area contributed by atoms with Crippen molar-refractivity contribution < 1.29 is 0 Å². The zero-order valence-corrected chi connectivity index (χ0v) is 12.5. The van der Waals surface area contributed by atoms with Crippen LogP contribution in [0.2, 0.25) is 18.3 Å². The summed E-state index contributed by atoms with van der Waals surface area (Å²) < 4.78 is 0. The molecule has 0 aliphatic heterocycles. The number of rotatable bonds is 4. The van der Waals surface area contributed by atoms with Crippen LogP contribution in [0.5, 0.6) is 0 Å². The maximum absolute atomic E-state index is 6.13. The summed E-state index contributed by atoms with van der Waals surface area (Å²) in [5, 5.41) is 0.168. The summed E-state index contributed by atoms with van der Waals surface area (Å²) in [6, 6.07) is 0. The third-order valence-electron chi connectivity index (χ3n) is 1.80. The molecular weight excluding hydrogens is 270 g/mol. The van der Waals surface area contributed by atoms with Gasteiger partial charge in [0, 0.05) is 5.16 Å². The van der Waals surface area contributed by atoms with Crippen molar-refractivity contribution in [2.75, 3.05) is 0 Å². The van der Waals surface area contributed by atoms with E-state index in [1.54, 1.807) is 0 Å². The molecule has 6 heteroatoms. The van der Waals surface area contributed by atoms with Crippen molar-refractivity contribution in [3.8, 4) is 0 Å². The summed E-state index contributed by atoms with van der Waals surface area (Å²) >= 11 is 24.5. The minimum Gasteiger partial charge on any atom is -0.146 e. The molecule has 0 spiro atoms. The van der Waals surface area contributed by atoms with Crippen LogP contribution in [0, 0.1) is 0 Å². The van der Waals surface area contributed by atoms with Crippen molar-refractivity contribution >= 4 is 57.7 Å². The van der Waals surface area contributed by atoms with Crippen LogP contribution >= 0.6 is 44.3 Å². The molecule has 0 fully saturated rings. The highest BCUT2D eigenvalue weighted by molar-refractivity contribution is 7.56. The lowest BCUT2D eigenvalue weighted by molar-refractivity contribution is 0.834. The number of hydrogen-bond acceptors (Lipinski definition) is 0. The molecule has 0 radical (unpaired) electrons. The average molecular weight is 284 g/mol. The molecule has 0 heterocycles. The van der Waals surface area contributed by atoms with Gasteiger partial charge >= 0.3 is 0 Å². The van der Waals surface area contributed by atoms with Gasteiger partial charge < -0.3 is 0 Å². The molecule has 0 atom stereocenters. The van der Waals surface area contributed by atoms with Crippen LogP contribution in [0.15, 0.2) is 0 Å². The van der Waals surface area contributed by atoms with E-state index in [9.17, 15) is 0 Å². The minimum atomic E-state index is -2.20. The molecule has 0 rings (SSSR count). The van der Waals surface area contributed by atoms with Crippen molar-refractivity contribution in [2.24, 2.45) is 0 Å². The summed E-state index contributed by atoms with van der Waals surface area (Å²) in [5.74, 6) is 0. The summed E-state index contributed by atoms with van der Waals surface area (Å²) in [4.78, 5) is 0. The van der Waals surface area contributed by atoms with E-state index >= 15 is 0 Å². The van der Waals surface area contributed by atoms with Crippen molar-refractivity contribution in [1.29, 1.82) is 0 Å². The van der Waals surface area contributed by atoms with Crippen molar-refractivity contribution in [1.82, 2.24) is 0 Å². The lowest BCUT2D eigenvalue weighted by atomic mass is 10.4. The third kappa shape index (κ3) is 4.73. The van der Waals surface area contributed by atoms with E-state index in [2.05, 4.69) is 6.92 Å². The molecule has 74 valence electrons. The van der Waals surface area contributed by atoms with Crippen molar-refractivity contribution in [3.63, 3.8) is 0 Å². The van der Waals surface area contributed by atoms with Crippen molar-refractivity contribution in [3.05, 3.63) is 0 Å². The van der Waals surface area contributed by atoms with Gasteiger partial charge in [-0.2, -0.15) is 0 Å². The monoisotopic (exact) mass is 282 g/mol. The standard InChI is InChI=1S/C6H14Cl4Si2/c1-4-5-6(11(2,7)8)12(3,9)10/h6H,4-5H2,1-3H3. The molecule has 0 bridgehead atoms. The second-order valence-electron chi connectivity index (χ2n) is 3.25. The fourth-order valence-electron chi connectivity index (χ4n) is 1.24. The van der Waals surface area contributed by atoms with Crippen LogP contribution in [-0.2, 0) is 0 Å². The van der Waals surface area contributed by atoms with Gasteiger partial charge in [-0.1, -0.05) is 19.8 Å². The first-order valence-corrected chi connectivity index (χ1v) is 13.2. The maximum Gasteiger partial charge on any atom is 0.251 e. The Bertz CT molecular complexity index is 123. The SMILES string of the molecule is CCCC([Si](C)(Cl)Cl)[Si](C)(Cl)Cl. The van der Waals surface area contributed by atoms with E-state index in [4.69, 9.17) is 44.3 Å². The quantitative estimate of drug-likeness (QED) is 0.514. The first-order chi connectivity index (χ1) is 5.19. The lowest BCUT2D eigenvalue weighted by Gasteiger charge is -2.29. The zero-order valence-electron chi connectivity index (χ0n) is 7.50. The zero-order chi connectivity index (χ0) is 9.99. The Morgan fingerprint density at radius 3 is 1.42 bits per heavy atom. The van der Waals surface area contributed by atoms with E-state index in [1.165, 1.54) is 0 Å². The first-order valence-electron chi connectivity index (χ1n) is 3.95. The molecule has 0 aliphatic carbocycles. The van der Waals surface area contributed by atoms with Crippen LogP contribution in [-0.4, -0.2) is 13.4 Å². The Morgan fingerprint density at radius 2 is 1.33 bits per heavy atom. The highest BCUT2D eigenvalue weighted by Crippen LogP contribution is 2.44. The van der Waals surface area contributed by atoms with Gasteiger partial charge in [0.25, 0.3) is 13.4 Å². The molecule has 0 aliphatic rings. The van der Waals surface area contributed by atoms with Crippen LogP contribution in [0.25, 0.3) is 0 Å². The Hall–Kier alpha value is 1.59. The van der Waals surface area contributed by atoms with Crippen LogP contribution in [0.3, 0.4) is 0 Å². The van der Waals surface area contributed by atoms with Gasteiger partial charge in [0.15, 0.2) is 0 Å². The summed E-state index contributed by atoms with van der Waals surface area (Å²) in [6.07, 6.45) is 1.99. The number of halogens is 4. The largest absolute Gasteiger partial charge is 0.251 e. The van der Waals surface area contributed by atoms with Gasteiger partial charge in [0.05, 0.1) is 0 Å². The van der Waals surface area contributed by atoms with E-state index in [0.29, 0.717) is 0 Å². The van der Waals surface area contributed by atoms with Crippen LogP contribution in [0.4, 0.5) is 0 Å². The molecule has 0 unspecified atom stereocenters. The second-order valence-corrected chi connectivity index (χ2v) is 19.6. The smallest absolute Gasteiger partial charge is 0.146 e. The summed E-state index contributed by atoms with van der Waals surface area (Å²) in [6.45, 7) is 1.48. The first kappa shape index (κ1) is 13.6. The van der Waals surface area contributed by atoms with E-state index < -0.39 is 13.4 Å². The molecule has 0 aromatic rings. The fraction of sp³-hybridized carbons (Fsp3) is 1.00. The van der Waals surface area contributed by atoms with Gasteiger partial charge in [-0.15, -0.1) is 44.3 Å². The highest BCUT2D eigenvalue weighted by Gasteiger charge is 2.45. The maximum atomic E-state index is 6.13. The molecule has 0 aromatic carbocycles. The lowest BCUT2D eigenvalue weighted by Crippen LogP contribution is -2.37. The molecule has 0 saturated carbocycles. The summed E-state index contributed by atoms with van der Waals surface area (Å²) in [5.41, 5.74) is 0. The van der Waals surface area contributed by atoms with Gasteiger partial charge in [-0.05, 0) is 13.1 Å². The van der Waals surface area contributed by atoms with Gasteiger partial charge in [-0.3, -0.25) is 0 Å². The molecule has 0 saturated heterocycles. The van der Waals surface area contributed by atoms with Gasteiger partial charge in [-0.25, -0.2) is 0 Å². The van der Waals surface area contributed by atoms with E-state index in [-0.39, 0.29) is 5.16 Å². The Balaban J connectivity index is 4.45. The van der Waals surface area contributed by atoms with E-state index in [1.807, 2.05) is 13.1 Å². The van der Waals surface area contributed by atoms with Gasteiger partial charge in [0.1, 0.15) is 0 Å². The Kier molecular flexibility index (Phi) is 5.55. The second kappa shape index (κ2) is 4.90. The topological polar surface area (TPSA) is 0 Å². The predicted molar refractivity (Wildman–Crippen MR) is 65.3 cm³/mol. The number of hydrogen-bond donors (Lipinski definition) is 0. The Labute approximate surface area is 95.4 Å². The molecule has 0 aromatic heterocycles. The minimum absolute atomic E-state index is 0.168. The molecule has 0 amide bonds. The molecule has 0 N–H and O–H groups in total. The molecule has 0 nitrogen and oxygen atoms in total. The normalized spacial score (nSPS) is 14.0. The van der Waals surface area contributed by atoms with E-state index in [0.717, 1.165) is 12.8 Å². The fourth-order valence-corrected chi connectivity index (χ4v) is 17.6. The molecule has 12 heavy (non-hydrogen) atoms. The van der Waals surface area contributed by atoms with Crippen LogP contribution in [0.1, 0.15) is 19.8 Å².